The van der Waals surface area contributed by atoms with Crippen LogP contribution in [0.1, 0.15) is 45.1 Å². The molecule has 0 radical (unpaired) electrons. The third-order valence-corrected chi connectivity index (χ3v) is 6.13. The highest BCUT2D eigenvalue weighted by atomic mass is 16.2. The highest BCUT2D eigenvalue weighted by molar-refractivity contribution is 5.89. The second kappa shape index (κ2) is 8.94. The van der Waals surface area contributed by atoms with Gasteiger partial charge in [-0.1, -0.05) is 25.1 Å². The van der Waals surface area contributed by atoms with Gasteiger partial charge in [0, 0.05) is 37.5 Å². The van der Waals surface area contributed by atoms with E-state index < -0.39 is 5.54 Å². The van der Waals surface area contributed by atoms with Crippen molar-refractivity contribution < 1.29 is 9.59 Å². The van der Waals surface area contributed by atoms with Gasteiger partial charge in [-0.05, 0) is 67.7 Å². The molecule has 0 aliphatic carbocycles. The number of rotatable bonds is 5. The Hall–Kier alpha value is -3.12. The first-order valence-corrected chi connectivity index (χ1v) is 11.0. The summed E-state index contributed by atoms with van der Waals surface area (Å²) in [5, 5.41) is 4.77. The molecule has 2 atom stereocenters. The van der Waals surface area contributed by atoms with Gasteiger partial charge in [0.1, 0.15) is 5.54 Å². The van der Waals surface area contributed by atoms with Crippen LogP contribution in [-0.2, 0) is 15.1 Å². The van der Waals surface area contributed by atoms with E-state index in [1.807, 2.05) is 64.7 Å². The highest BCUT2D eigenvalue weighted by Crippen LogP contribution is 2.35. The van der Waals surface area contributed by atoms with Crippen molar-refractivity contribution in [3.63, 3.8) is 0 Å². The van der Waals surface area contributed by atoms with Gasteiger partial charge in [-0.2, -0.15) is 0 Å². The fraction of sp³-hybridized carbons (Fsp3) is 0.360. The lowest BCUT2D eigenvalue weighted by molar-refractivity contribution is -0.129. The Morgan fingerprint density at radius 1 is 1.23 bits per heavy atom. The average Bonchev–Trinajstić information content (AvgIpc) is 3.17. The van der Waals surface area contributed by atoms with Gasteiger partial charge in [-0.3, -0.25) is 14.6 Å². The number of piperidine rings is 1. The molecule has 1 fully saturated rings. The summed E-state index contributed by atoms with van der Waals surface area (Å²) in [6, 6.07) is 8.05. The molecule has 6 heteroatoms. The van der Waals surface area contributed by atoms with Crippen LogP contribution < -0.4 is 10.7 Å². The van der Waals surface area contributed by atoms with Crippen LogP contribution in [0, 0.1) is 0 Å². The lowest BCUT2D eigenvalue weighted by atomic mass is 9.89. The van der Waals surface area contributed by atoms with Gasteiger partial charge in [-0.25, -0.2) is 5.43 Å². The Bertz CT molecular complexity index is 960. The second-order valence-electron chi connectivity index (χ2n) is 8.30. The average molecular weight is 419 g/mol. The number of anilines is 1. The standard InChI is InChI=1S/C25H30N4O2/c1-3-22-8-4-6-16-28(22)24(31)14-15-25(18-23-9-5-7-17-29(23)27-25)20-10-12-21(13-11-20)26-19(2)30/h5,7,9-15,17-18,22,27H,3-4,6,8,16H2,1-2H3,(H,26,30). The van der Waals surface area contributed by atoms with E-state index in [0.717, 1.165) is 42.8 Å². The summed E-state index contributed by atoms with van der Waals surface area (Å²) in [6.07, 6.45) is 18.1. The van der Waals surface area contributed by atoms with Crippen LogP contribution in [0.3, 0.4) is 0 Å². The van der Waals surface area contributed by atoms with Crippen LogP contribution in [0.15, 0.2) is 72.6 Å². The number of carbonyl (C=O) groups is 2. The number of hydrazine groups is 1. The second-order valence-corrected chi connectivity index (χ2v) is 8.30. The Morgan fingerprint density at radius 2 is 2.03 bits per heavy atom. The number of nitrogens with one attached hydrogen (secondary N) is 2. The van der Waals surface area contributed by atoms with Crippen molar-refractivity contribution in [3.05, 3.63) is 78.2 Å². The van der Waals surface area contributed by atoms with Crippen LogP contribution >= 0.6 is 0 Å². The molecule has 31 heavy (non-hydrogen) atoms. The molecule has 6 nitrogen and oxygen atoms in total. The number of nitrogens with zero attached hydrogens (tertiary/aromatic N) is 2. The van der Waals surface area contributed by atoms with Crippen LogP contribution in [0.25, 0.3) is 0 Å². The van der Waals surface area contributed by atoms with Gasteiger partial charge in [0.15, 0.2) is 0 Å². The summed E-state index contributed by atoms with van der Waals surface area (Å²) in [4.78, 5) is 26.5. The zero-order valence-corrected chi connectivity index (χ0v) is 18.2. The van der Waals surface area contributed by atoms with Gasteiger partial charge in [0.2, 0.25) is 11.8 Å². The number of amides is 2. The van der Waals surface area contributed by atoms with Crippen LogP contribution in [0.5, 0.6) is 0 Å². The lowest BCUT2D eigenvalue weighted by Gasteiger charge is -2.35. The normalized spacial score (nSPS) is 25.0. The third kappa shape index (κ3) is 4.49. The van der Waals surface area contributed by atoms with E-state index in [4.69, 9.17) is 0 Å². The van der Waals surface area contributed by atoms with Crippen molar-refractivity contribution in [2.24, 2.45) is 0 Å². The zero-order chi connectivity index (χ0) is 21.8. The lowest BCUT2D eigenvalue weighted by Crippen LogP contribution is -2.44. The third-order valence-electron chi connectivity index (χ3n) is 6.13. The minimum Gasteiger partial charge on any atom is -0.336 e. The van der Waals surface area contributed by atoms with Crippen LogP contribution in [0.2, 0.25) is 0 Å². The summed E-state index contributed by atoms with van der Waals surface area (Å²) in [6.45, 7) is 4.47. The highest BCUT2D eigenvalue weighted by Gasteiger charge is 2.36. The molecular formula is C25H30N4O2. The quantitative estimate of drug-likeness (QED) is 0.710. The molecule has 3 heterocycles. The molecule has 2 N–H and O–H groups in total. The minimum atomic E-state index is -0.656. The SMILES string of the molecule is CCC1CCCCN1C(=O)C=CC1(c2ccc(NC(C)=O)cc2)C=C2C=CC=CN2N1. The predicted molar refractivity (Wildman–Crippen MR) is 123 cm³/mol. The molecule has 2 amide bonds. The molecule has 1 aromatic rings. The Kier molecular flexibility index (Phi) is 6.09. The van der Waals surface area contributed by atoms with E-state index >= 15 is 0 Å². The molecule has 1 aromatic carbocycles. The smallest absolute Gasteiger partial charge is 0.246 e. The van der Waals surface area contributed by atoms with E-state index in [-0.39, 0.29) is 11.8 Å². The molecule has 162 valence electrons. The summed E-state index contributed by atoms with van der Waals surface area (Å²) in [7, 11) is 0. The summed E-state index contributed by atoms with van der Waals surface area (Å²) >= 11 is 0. The molecule has 0 aromatic heterocycles. The molecule has 3 aliphatic rings. The molecule has 0 bridgehead atoms. The number of likely N-dealkylation sites (tertiary alicyclic amines) is 1. The fourth-order valence-corrected chi connectivity index (χ4v) is 4.52. The first kappa shape index (κ1) is 21.1. The number of allylic oxidation sites excluding steroid dienone is 3. The van der Waals surface area contributed by atoms with Gasteiger partial charge in [-0.15, -0.1) is 0 Å². The van der Waals surface area contributed by atoms with E-state index in [1.165, 1.54) is 13.3 Å². The van der Waals surface area contributed by atoms with Crippen molar-refractivity contribution >= 4 is 17.5 Å². The first-order chi connectivity index (χ1) is 15.0. The van der Waals surface area contributed by atoms with Crippen molar-refractivity contribution in [2.45, 2.75) is 51.1 Å². The van der Waals surface area contributed by atoms with E-state index in [2.05, 4.69) is 23.7 Å². The number of fused-ring (bicyclic) bond motifs is 1. The van der Waals surface area contributed by atoms with Crippen molar-refractivity contribution in [2.75, 3.05) is 11.9 Å². The maximum Gasteiger partial charge on any atom is 0.246 e. The summed E-state index contributed by atoms with van der Waals surface area (Å²) in [5.41, 5.74) is 5.62. The van der Waals surface area contributed by atoms with Crippen LogP contribution in [0.4, 0.5) is 5.69 Å². The summed E-state index contributed by atoms with van der Waals surface area (Å²) < 4.78 is 0. The maximum atomic E-state index is 13.1. The van der Waals surface area contributed by atoms with Gasteiger partial charge in [0.05, 0.1) is 5.70 Å². The fourth-order valence-electron chi connectivity index (χ4n) is 4.52. The predicted octanol–water partition coefficient (Wildman–Crippen LogP) is 3.98. The minimum absolute atomic E-state index is 0.0666. The van der Waals surface area contributed by atoms with Gasteiger partial charge >= 0.3 is 0 Å². The number of carbonyl (C=O) groups excluding carboxylic acids is 2. The molecule has 0 spiro atoms. The first-order valence-electron chi connectivity index (χ1n) is 11.0. The summed E-state index contributed by atoms with van der Waals surface area (Å²) in [5.74, 6) is -0.0366. The number of hydrogen-bond donors (Lipinski definition) is 2. The Labute approximate surface area is 184 Å². The van der Waals surface area contributed by atoms with E-state index in [0.29, 0.717) is 6.04 Å². The van der Waals surface area contributed by atoms with Crippen molar-refractivity contribution in [1.82, 2.24) is 15.3 Å². The largest absolute Gasteiger partial charge is 0.336 e. The zero-order valence-electron chi connectivity index (χ0n) is 18.2. The molecule has 0 saturated carbocycles. The Morgan fingerprint density at radius 3 is 2.74 bits per heavy atom. The Balaban J connectivity index is 1.64. The van der Waals surface area contributed by atoms with Gasteiger partial charge in [0.25, 0.3) is 0 Å². The van der Waals surface area contributed by atoms with E-state index in [1.54, 1.807) is 6.08 Å². The molecule has 1 saturated heterocycles. The molecular weight excluding hydrogens is 388 g/mol. The van der Waals surface area contributed by atoms with Crippen molar-refractivity contribution in [3.8, 4) is 0 Å². The molecule has 4 rings (SSSR count). The van der Waals surface area contributed by atoms with Crippen molar-refractivity contribution in [1.29, 1.82) is 0 Å². The number of benzene rings is 1. The topological polar surface area (TPSA) is 64.7 Å². The monoisotopic (exact) mass is 418 g/mol. The van der Waals surface area contributed by atoms with Gasteiger partial charge < -0.3 is 10.2 Å². The molecule has 3 aliphatic heterocycles. The molecule has 2 unspecified atom stereocenters. The number of hydrogen-bond acceptors (Lipinski definition) is 4. The van der Waals surface area contributed by atoms with Crippen LogP contribution in [-0.4, -0.2) is 34.3 Å². The maximum absolute atomic E-state index is 13.1. The van der Waals surface area contributed by atoms with E-state index in [9.17, 15) is 9.59 Å².